The van der Waals surface area contributed by atoms with Gasteiger partial charge in [0, 0.05) is 32.8 Å². The molecule has 1 N–H and O–H groups in total. The summed E-state index contributed by atoms with van der Waals surface area (Å²) in [4.78, 5) is 17.4. The minimum absolute atomic E-state index is 0.256. The average Bonchev–Trinajstić information content (AvgIpc) is 2.75. The fraction of sp³-hybridized carbons (Fsp3) is 0.714. The van der Waals surface area contributed by atoms with Crippen molar-refractivity contribution in [2.75, 3.05) is 13.1 Å². The van der Waals surface area contributed by atoms with E-state index in [1.54, 1.807) is 0 Å². The molecule has 5 nitrogen and oxygen atoms in total. The second kappa shape index (κ2) is 6.19. The number of carbonyl (C=O) groups is 1. The van der Waals surface area contributed by atoms with E-state index in [9.17, 15) is 4.79 Å². The van der Waals surface area contributed by atoms with Gasteiger partial charge in [-0.05, 0) is 31.2 Å². The topological polar surface area (TPSA) is 58.4 Å². The zero-order valence-electron chi connectivity index (χ0n) is 11.7. The lowest BCUT2D eigenvalue weighted by Crippen LogP contribution is -2.38. The molecule has 5 heteroatoms. The van der Waals surface area contributed by atoms with Gasteiger partial charge in [-0.15, -0.1) is 0 Å². The van der Waals surface area contributed by atoms with Crippen LogP contribution >= 0.6 is 0 Å². The summed E-state index contributed by atoms with van der Waals surface area (Å²) >= 11 is 0. The van der Waals surface area contributed by atoms with Crippen LogP contribution in [0.25, 0.3) is 0 Å². The Labute approximate surface area is 114 Å². The molecule has 2 atom stereocenters. The van der Waals surface area contributed by atoms with E-state index in [1.165, 1.54) is 5.69 Å². The molecule has 1 aromatic rings. The Hall–Kier alpha value is -1.36. The van der Waals surface area contributed by atoms with Crippen LogP contribution in [0.5, 0.6) is 0 Å². The van der Waals surface area contributed by atoms with Crippen molar-refractivity contribution < 1.29 is 9.90 Å². The largest absolute Gasteiger partial charge is 0.481 e. The molecule has 0 spiro atoms. The van der Waals surface area contributed by atoms with Gasteiger partial charge in [0.15, 0.2) is 0 Å². The number of imidazole rings is 1. The van der Waals surface area contributed by atoms with Crippen LogP contribution in [0.4, 0.5) is 0 Å². The van der Waals surface area contributed by atoms with Crippen molar-refractivity contribution in [3.63, 3.8) is 0 Å². The smallest absolute Gasteiger partial charge is 0.303 e. The summed E-state index contributed by atoms with van der Waals surface area (Å²) in [6, 6.07) is 0. The number of hydrogen-bond donors (Lipinski definition) is 1. The highest BCUT2D eigenvalue weighted by molar-refractivity contribution is 5.67. The third-order valence-electron chi connectivity index (χ3n) is 4.15. The predicted octanol–water partition coefficient (Wildman–Crippen LogP) is 1.74. The zero-order chi connectivity index (χ0) is 13.8. The number of aryl methyl sites for hydroxylation is 1. The molecule has 0 radical (unpaired) electrons. The molecule has 2 heterocycles. The molecule has 2 unspecified atom stereocenters. The molecule has 106 valence electrons. The second-order valence-electron chi connectivity index (χ2n) is 5.71. The molecule has 2 rings (SSSR count). The van der Waals surface area contributed by atoms with Crippen LogP contribution in [0.15, 0.2) is 12.5 Å². The molecule has 0 aromatic carbocycles. The highest BCUT2D eigenvalue weighted by Gasteiger charge is 2.26. The van der Waals surface area contributed by atoms with E-state index in [4.69, 9.17) is 5.11 Å². The predicted molar refractivity (Wildman–Crippen MR) is 72.6 cm³/mol. The summed E-state index contributed by atoms with van der Waals surface area (Å²) in [5.74, 6) is 0.0705. The van der Waals surface area contributed by atoms with Crippen molar-refractivity contribution in [2.45, 2.75) is 32.7 Å². The average molecular weight is 265 g/mol. The van der Waals surface area contributed by atoms with Crippen molar-refractivity contribution in [3.05, 3.63) is 18.2 Å². The summed E-state index contributed by atoms with van der Waals surface area (Å²) in [6.07, 6.45) is 6.32. The van der Waals surface area contributed by atoms with Gasteiger partial charge in [0.2, 0.25) is 0 Å². The van der Waals surface area contributed by atoms with Crippen LogP contribution < -0.4 is 0 Å². The van der Waals surface area contributed by atoms with Crippen molar-refractivity contribution in [1.29, 1.82) is 0 Å². The number of aliphatic carboxylic acids is 1. The Morgan fingerprint density at radius 2 is 2.42 bits per heavy atom. The lowest BCUT2D eigenvalue weighted by molar-refractivity contribution is -0.138. The molecule has 1 aliphatic rings. The maximum atomic E-state index is 10.8. The third kappa shape index (κ3) is 3.80. The number of carboxylic acid groups (broad SMARTS) is 1. The Balaban J connectivity index is 1.90. The van der Waals surface area contributed by atoms with E-state index in [0.717, 1.165) is 32.5 Å². The number of carboxylic acids is 1. The maximum absolute atomic E-state index is 10.8. The van der Waals surface area contributed by atoms with Gasteiger partial charge in [-0.3, -0.25) is 9.69 Å². The molecular weight excluding hydrogens is 242 g/mol. The van der Waals surface area contributed by atoms with Gasteiger partial charge >= 0.3 is 5.97 Å². The number of aromatic nitrogens is 2. The first-order chi connectivity index (χ1) is 9.06. The van der Waals surface area contributed by atoms with Gasteiger partial charge < -0.3 is 9.67 Å². The number of hydrogen-bond acceptors (Lipinski definition) is 3. The van der Waals surface area contributed by atoms with Gasteiger partial charge in [0.1, 0.15) is 0 Å². The van der Waals surface area contributed by atoms with Crippen LogP contribution in [0.3, 0.4) is 0 Å². The molecule has 0 amide bonds. The summed E-state index contributed by atoms with van der Waals surface area (Å²) in [6.45, 7) is 5.07. The van der Waals surface area contributed by atoms with Crippen molar-refractivity contribution in [1.82, 2.24) is 14.5 Å². The first kappa shape index (κ1) is 14.1. The monoisotopic (exact) mass is 265 g/mol. The van der Waals surface area contributed by atoms with Gasteiger partial charge in [0.05, 0.1) is 12.0 Å². The highest BCUT2D eigenvalue weighted by Crippen LogP contribution is 2.26. The molecule has 19 heavy (non-hydrogen) atoms. The van der Waals surface area contributed by atoms with E-state index in [-0.39, 0.29) is 12.3 Å². The number of rotatable bonds is 5. The summed E-state index contributed by atoms with van der Waals surface area (Å²) < 4.78 is 2.05. The fourth-order valence-corrected chi connectivity index (χ4v) is 2.91. The normalized spacial score (nSPS) is 22.3. The molecule has 0 bridgehead atoms. The van der Waals surface area contributed by atoms with Crippen LogP contribution in [0.1, 0.15) is 31.9 Å². The van der Waals surface area contributed by atoms with Gasteiger partial charge in [-0.25, -0.2) is 4.98 Å². The van der Waals surface area contributed by atoms with Gasteiger partial charge in [0.25, 0.3) is 0 Å². The molecule has 1 saturated heterocycles. The quantitative estimate of drug-likeness (QED) is 0.881. The molecule has 1 aromatic heterocycles. The minimum Gasteiger partial charge on any atom is -0.481 e. The number of piperidine rings is 1. The number of nitrogens with zero attached hydrogens (tertiary/aromatic N) is 3. The lowest BCUT2D eigenvalue weighted by Gasteiger charge is -2.35. The van der Waals surface area contributed by atoms with Crippen LogP contribution in [-0.4, -0.2) is 38.6 Å². The first-order valence-corrected chi connectivity index (χ1v) is 6.95. The molecule has 0 aliphatic carbocycles. The van der Waals surface area contributed by atoms with E-state index in [0.29, 0.717) is 5.92 Å². The molecule has 1 aliphatic heterocycles. The Morgan fingerprint density at radius 1 is 1.63 bits per heavy atom. The maximum Gasteiger partial charge on any atom is 0.303 e. The Bertz CT molecular complexity index is 430. The Kier molecular flexibility index (Phi) is 4.58. The van der Waals surface area contributed by atoms with Crippen molar-refractivity contribution in [3.8, 4) is 0 Å². The third-order valence-corrected chi connectivity index (χ3v) is 4.15. The van der Waals surface area contributed by atoms with Crippen molar-refractivity contribution in [2.24, 2.45) is 18.9 Å². The fourth-order valence-electron chi connectivity index (χ4n) is 2.91. The summed E-state index contributed by atoms with van der Waals surface area (Å²) in [7, 11) is 2.01. The van der Waals surface area contributed by atoms with Crippen molar-refractivity contribution >= 4 is 5.97 Å². The Morgan fingerprint density at radius 3 is 3.05 bits per heavy atom. The minimum atomic E-state index is -0.684. The first-order valence-electron chi connectivity index (χ1n) is 6.95. The van der Waals surface area contributed by atoms with E-state index in [1.807, 2.05) is 24.1 Å². The summed E-state index contributed by atoms with van der Waals surface area (Å²) in [5, 5.41) is 8.90. The SMILES string of the molecule is CC(CC(=O)O)C1CCCN(Cc2cncn2C)C1. The van der Waals surface area contributed by atoms with E-state index in [2.05, 4.69) is 16.8 Å². The molecule has 0 saturated carbocycles. The summed E-state index contributed by atoms with van der Waals surface area (Å²) in [5.41, 5.74) is 1.21. The lowest BCUT2D eigenvalue weighted by atomic mass is 9.84. The highest BCUT2D eigenvalue weighted by atomic mass is 16.4. The van der Waals surface area contributed by atoms with Gasteiger partial charge in [-0.1, -0.05) is 6.92 Å². The van der Waals surface area contributed by atoms with Crippen LogP contribution in [0.2, 0.25) is 0 Å². The molecular formula is C14H23N3O2. The van der Waals surface area contributed by atoms with Crippen LogP contribution in [0, 0.1) is 11.8 Å². The molecule has 1 fully saturated rings. The van der Waals surface area contributed by atoms with E-state index >= 15 is 0 Å². The van der Waals surface area contributed by atoms with Crippen LogP contribution in [-0.2, 0) is 18.4 Å². The standard InChI is InChI=1S/C14H23N3O2/c1-11(6-14(18)19)12-4-3-5-17(8-12)9-13-7-15-10-16(13)2/h7,10-12H,3-6,8-9H2,1-2H3,(H,18,19). The zero-order valence-corrected chi connectivity index (χ0v) is 11.7. The van der Waals surface area contributed by atoms with E-state index < -0.39 is 5.97 Å². The second-order valence-corrected chi connectivity index (χ2v) is 5.71. The number of likely N-dealkylation sites (tertiary alicyclic amines) is 1. The van der Waals surface area contributed by atoms with Gasteiger partial charge in [-0.2, -0.15) is 0 Å².